The van der Waals surface area contributed by atoms with Crippen LogP contribution in [0.2, 0.25) is 0 Å². The van der Waals surface area contributed by atoms with Crippen LogP contribution >= 0.6 is 0 Å². The third-order valence-electron chi connectivity index (χ3n) is 4.80. The van der Waals surface area contributed by atoms with E-state index in [0.717, 1.165) is 37.1 Å². The Kier molecular flexibility index (Phi) is 5.23. The fraction of sp³-hybridized carbons (Fsp3) is 0.286. The Labute approximate surface area is 161 Å². The van der Waals surface area contributed by atoms with Gasteiger partial charge < -0.3 is 19.4 Å². The first-order valence-corrected chi connectivity index (χ1v) is 9.29. The van der Waals surface area contributed by atoms with E-state index in [2.05, 4.69) is 15.2 Å². The van der Waals surface area contributed by atoms with Crippen LogP contribution in [0.1, 0.15) is 12.8 Å². The molecule has 0 saturated carbocycles. The molecule has 144 valence electrons. The summed E-state index contributed by atoms with van der Waals surface area (Å²) in [7, 11) is 0. The standard InChI is InChI=1S/C21H21N3O4/c25-20(14-27-17-6-4-15-5-7-21(26)28-18(15)13-17)23-16-8-11-24(12-9-16)19-3-1-2-10-22-19/h1-7,10,13,16H,8-9,11-12,14H2,(H,23,25). The van der Waals surface area contributed by atoms with Gasteiger partial charge in [-0.2, -0.15) is 0 Å². The zero-order chi connectivity index (χ0) is 19.3. The van der Waals surface area contributed by atoms with Crippen molar-refractivity contribution in [3.63, 3.8) is 0 Å². The van der Waals surface area contributed by atoms with E-state index in [-0.39, 0.29) is 18.6 Å². The molecule has 3 heterocycles. The summed E-state index contributed by atoms with van der Waals surface area (Å²) in [6.45, 7) is 1.63. The molecule has 0 spiro atoms. The molecular formula is C21H21N3O4. The number of pyridine rings is 1. The van der Waals surface area contributed by atoms with E-state index in [4.69, 9.17) is 9.15 Å². The monoisotopic (exact) mass is 379 g/mol. The number of carbonyl (C=O) groups excluding carboxylic acids is 1. The van der Waals surface area contributed by atoms with Crippen LogP contribution < -0.4 is 20.6 Å². The van der Waals surface area contributed by atoms with E-state index in [1.807, 2.05) is 18.2 Å². The van der Waals surface area contributed by atoms with Crippen LogP contribution in [0.3, 0.4) is 0 Å². The van der Waals surface area contributed by atoms with Gasteiger partial charge in [0.05, 0.1) is 0 Å². The number of ether oxygens (including phenoxy) is 1. The zero-order valence-electron chi connectivity index (χ0n) is 15.3. The molecule has 1 aromatic carbocycles. The zero-order valence-corrected chi connectivity index (χ0v) is 15.3. The fourth-order valence-corrected chi connectivity index (χ4v) is 3.34. The second-order valence-electron chi connectivity index (χ2n) is 6.76. The van der Waals surface area contributed by atoms with Gasteiger partial charge in [-0.05, 0) is 43.2 Å². The topological polar surface area (TPSA) is 84.7 Å². The number of benzene rings is 1. The van der Waals surface area contributed by atoms with Gasteiger partial charge in [-0.15, -0.1) is 0 Å². The van der Waals surface area contributed by atoms with Crippen molar-refractivity contribution in [2.45, 2.75) is 18.9 Å². The van der Waals surface area contributed by atoms with Crippen LogP contribution in [0.15, 0.2) is 63.9 Å². The molecule has 2 aromatic heterocycles. The fourth-order valence-electron chi connectivity index (χ4n) is 3.34. The molecule has 1 fully saturated rings. The van der Waals surface area contributed by atoms with E-state index in [0.29, 0.717) is 11.3 Å². The molecule has 1 N–H and O–H groups in total. The first-order chi connectivity index (χ1) is 13.7. The van der Waals surface area contributed by atoms with Gasteiger partial charge in [-0.3, -0.25) is 4.79 Å². The van der Waals surface area contributed by atoms with Gasteiger partial charge in [-0.1, -0.05) is 6.07 Å². The molecular weight excluding hydrogens is 358 g/mol. The van der Waals surface area contributed by atoms with Gasteiger partial charge >= 0.3 is 5.63 Å². The van der Waals surface area contributed by atoms with Crippen LogP contribution in [-0.2, 0) is 4.79 Å². The third-order valence-corrected chi connectivity index (χ3v) is 4.80. The van der Waals surface area contributed by atoms with Crippen molar-refractivity contribution in [3.05, 3.63) is 65.1 Å². The molecule has 7 heteroatoms. The molecule has 28 heavy (non-hydrogen) atoms. The van der Waals surface area contributed by atoms with Gasteiger partial charge in [0.15, 0.2) is 6.61 Å². The maximum atomic E-state index is 12.2. The number of anilines is 1. The smallest absolute Gasteiger partial charge is 0.336 e. The number of piperidine rings is 1. The predicted molar refractivity (Wildman–Crippen MR) is 106 cm³/mol. The van der Waals surface area contributed by atoms with E-state index >= 15 is 0 Å². The summed E-state index contributed by atoms with van der Waals surface area (Å²) in [6, 6.07) is 14.2. The Morgan fingerprint density at radius 1 is 1.18 bits per heavy atom. The third kappa shape index (κ3) is 4.31. The van der Waals surface area contributed by atoms with E-state index < -0.39 is 5.63 Å². The Hall–Kier alpha value is -3.35. The highest BCUT2D eigenvalue weighted by Gasteiger charge is 2.21. The summed E-state index contributed by atoms with van der Waals surface area (Å²) in [5.74, 6) is 1.30. The summed E-state index contributed by atoms with van der Waals surface area (Å²) < 4.78 is 10.7. The van der Waals surface area contributed by atoms with E-state index in [9.17, 15) is 9.59 Å². The van der Waals surface area contributed by atoms with Crippen LogP contribution in [0.25, 0.3) is 11.0 Å². The van der Waals surface area contributed by atoms with Crippen molar-refractivity contribution < 1.29 is 13.9 Å². The van der Waals surface area contributed by atoms with E-state index in [1.54, 1.807) is 30.5 Å². The number of rotatable bonds is 5. The lowest BCUT2D eigenvalue weighted by Gasteiger charge is -2.33. The Morgan fingerprint density at radius 3 is 2.79 bits per heavy atom. The number of fused-ring (bicyclic) bond motifs is 1. The number of hydrogen-bond donors (Lipinski definition) is 1. The van der Waals surface area contributed by atoms with E-state index in [1.165, 1.54) is 6.07 Å². The van der Waals surface area contributed by atoms with Crippen molar-refractivity contribution in [2.75, 3.05) is 24.6 Å². The predicted octanol–water partition coefficient (Wildman–Crippen LogP) is 2.35. The molecule has 1 aliphatic heterocycles. The summed E-state index contributed by atoms with van der Waals surface area (Å²) in [6.07, 6.45) is 3.52. The molecule has 1 aliphatic rings. The minimum Gasteiger partial charge on any atom is -0.484 e. The number of nitrogens with zero attached hydrogens (tertiary/aromatic N) is 2. The molecule has 0 atom stereocenters. The van der Waals surface area contributed by atoms with Crippen molar-refractivity contribution >= 4 is 22.7 Å². The number of amides is 1. The second kappa shape index (κ2) is 8.12. The lowest BCUT2D eigenvalue weighted by molar-refractivity contribution is -0.123. The molecule has 3 aromatic rings. The maximum absolute atomic E-state index is 12.2. The summed E-state index contributed by atoms with van der Waals surface area (Å²) in [5, 5.41) is 3.82. The Morgan fingerprint density at radius 2 is 2.00 bits per heavy atom. The minimum atomic E-state index is -0.417. The highest BCUT2D eigenvalue weighted by molar-refractivity contribution is 5.79. The lowest BCUT2D eigenvalue weighted by atomic mass is 10.1. The van der Waals surface area contributed by atoms with Gasteiger partial charge in [0, 0.05) is 42.8 Å². The van der Waals surface area contributed by atoms with Crippen molar-refractivity contribution in [3.8, 4) is 5.75 Å². The maximum Gasteiger partial charge on any atom is 0.336 e. The average Bonchev–Trinajstić information content (AvgIpc) is 2.73. The summed E-state index contributed by atoms with van der Waals surface area (Å²) in [5.41, 5.74) is 0.0201. The SMILES string of the molecule is O=C(COc1ccc2ccc(=O)oc2c1)NC1CCN(c2ccccn2)CC1. The first kappa shape index (κ1) is 18.0. The summed E-state index contributed by atoms with van der Waals surface area (Å²) in [4.78, 5) is 30.1. The minimum absolute atomic E-state index is 0.0803. The number of carbonyl (C=O) groups is 1. The van der Waals surface area contributed by atoms with Crippen molar-refractivity contribution in [1.82, 2.24) is 10.3 Å². The highest BCUT2D eigenvalue weighted by Crippen LogP contribution is 2.20. The van der Waals surface area contributed by atoms with Crippen LogP contribution in [-0.4, -0.2) is 36.6 Å². The van der Waals surface area contributed by atoms with Crippen LogP contribution in [0.4, 0.5) is 5.82 Å². The molecule has 0 unspecified atom stereocenters. The number of aromatic nitrogens is 1. The largest absolute Gasteiger partial charge is 0.484 e. The van der Waals surface area contributed by atoms with Gasteiger partial charge in [-0.25, -0.2) is 9.78 Å². The average molecular weight is 379 g/mol. The van der Waals surface area contributed by atoms with Crippen LogP contribution in [0, 0.1) is 0 Å². The number of hydrogen-bond acceptors (Lipinski definition) is 6. The normalized spacial score (nSPS) is 14.8. The van der Waals surface area contributed by atoms with Crippen LogP contribution in [0.5, 0.6) is 5.75 Å². The molecule has 7 nitrogen and oxygen atoms in total. The number of nitrogens with one attached hydrogen (secondary N) is 1. The highest BCUT2D eigenvalue weighted by atomic mass is 16.5. The molecule has 0 bridgehead atoms. The van der Waals surface area contributed by atoms with Crippen molar-refractivity contribution in [1.29, 1.82) is 0 Å². The van der Waals surface area contributed by atoms with Gasteiger partial charge in [0.25, 0.3) is 5.91 Å². The van der Waals surface area contributed by atoms with Gasteiger partial charge in [0.1, 0.15) is 17.2 Å². The van der Waals surface area contributed by atoms with Crippen molar-refractivity contribution in [2.24, 2.45) is 0 Å². The first-order valence-electron chi connectivity index (χ1n) is 9.29. The molecule has 0 aliphatic carbocycles. The quantitative estimate of drug-likeness (QED) is 0.685. The Balaban J connectivity index is 1.27. The second-order valence-corrected chi connectivity index (χ2v) is 6.76. The molecule has 4 rings (SSSR count). The summed E-state index contributed by atoms with van der Waals surface area (Å²) >= 11 is 0. The molecule has 1 amide bonds. The lowest BCUT2D eigenvalue weighted by Crippen LogP contribution is -2.46. The Bertz CT molecular complexity index is 1010. The molecule has 1 saturated heterocycles. The molecule has 0 radical (unpaired) electrons. The van der Waals surface area contributed by atoms with Gasteiger partial charge in [0.2, 0.25) is 0 Å².